The van der Waals surface area contributed by atoms with Crippen molar-refractivity contribution >= 4 is 17.3 Å². The van der Waals surface area contributed by atoms with E-state index in [-0.39, 0.29) is 48.4 Å². The lowest BCUT2D eigenvalue weighted by atomic mass is 10.0. The van der Waals surface area contributed by atoms with Gasteiger partial charge in [0.25, 0.3) is 17.5 Å². The molecule has 2 aliphatic rings. The third-order valence-electron chi connectivity index (χ3n) is 3.93. The van der Waals surface area contributed by atoms with Crippen LogP contribution in [-0.4, -0.2) is 67.4 Å². The summed E-state index contributed by atoms with van der Waals surface area (Å²) in [6, 6.07) is 0. The summed E-state index contributed by atoms with van der Waals surface area (Å²) >= 11 is 0. The standard InChI is InChI=1S/C19H22O10/c1-10(27-12(9-21)4-5-20)28-16-8-13(22)17(23)19(29-16)11-6-14(25-2)18(24)15(7-11)26-3/h6-8,10,12,20-21H,4-5,9H2,1-3H3. The van der Waals surface area contributed by atoms with Gasteiger partial charge in [0.1, 0.15) is 0 Å². The van der Waals surface area contributed by atoms with Crippen molar-refractivity contribution in [2.75, 3.05) is 27.4 Å². The SMILES string of the molecule is COC1=CC(=C2OC(OC(C)OC(CO)CCO)=CC(=O)C2=O)C=C(OC)C1=O. The molecular weight excluding hydrogens is 388 g/mol. The summed E-state index contributed by atoms with van der Waals surface area (Å²) in [6.07, 6.45) is 1.90. The molecule has 0 spiro atoms. The fourth-order valence-corrected chi connectivity index (χ4v) is 2.53. The summed E-state index contributed by atoms with van der Waals surface area (Å²) in [6.45, 7) is 0.953. The van der Waals surface area contributed by atoms with Crippen LogP contribution >= 0.6 is 0 Å². The molecule has 1 heterocycles. The van der Waals surface area contributed by atoms with Crippen molar-refractivity contribution in [2.45, 2.75) is 25.7 Å². The highest BCUT2D eigenvalue weighted by atomic mass is 16.8. The van der Waals surface area contributed by atoms with E-state index in [1.54, 1.807) is 0 Å². The molecule has 2 unspecified atom stereocenters. The van der Waals surface area contributed by atoms with Crippen molar-refractivity contribution in [2.24, 2.45) is 0 Å². The quantitative estimate of drug-likeness (QED) is 0.304. The molecule has 0 saturated carbocycles. The molecule has 0 saturated heterocycles. The van der Waals surface area contributed by atoms with E-state index in [0.29, 0.717) is 0 Å². The molecule has 0 aromatic heterocycles. The Balaban J connectivity index is 2.27. The van der Waals surface area contributed by atoms with Crippen LogP contribution in [0.5, 0.6) is 0 Å². The van der Waals surface area contributed by atoms with Crippen LogP contribution in [-0.2, 0) is 38.1 Å². The number of ether oxygens (including phenoxy) is 5. The first-order valence-electron chi connectivity index (χ1n) is 8.66. The lowest BCUT2D eigenvalue weighted by molar-refractivity contribution is -0.174. The van der Waals surface area contributed by atoms with Crippen LogP contribution in [0.25, 0.3) is 0 Å². The van der Waals surface area contributed by atoms with Crippen molar-refractivity contribution in [3.63, 3.8) is 0 Å². The maximum Gasteiger partial charge on any atom is 0.291 e. The van der Waals surface area contributed by atoms with Crippen LogP contribution in [0, 0.1) is 0 Å². The van der Waals surface area contributed by atoms with Gasteiger partial charge in [0.15, 0.2) is 17.3 Å². The topological polar surface area (TPSA) is 138 Å². The number of allylic oxidation sites excluding steroid dienone is 5. The second kappa shape index (κ2) is 10.0. The van der Waals surface area contributed by atoms with Gasteiger partial charge in [-0.15, -0.1) is 0 Å². The Morgan fingerprint density at radius 3 is 2.14 bits per heavy atom. The Hall–Kier alpha value is -2.95. The average molecular weight is 410 g/mol. The number of hydrogen-bond donors (Lipinski definition) is 2. The van der Waals surface area contributed by atoms with Gasteiger partial charge in [-0.25, -0.2) is 0 Å². The molecule has 158 valence electrons. The van der Waals surface area contributed by atoms with E-state index in [9.17, 15) is 19.5 Å². The second-order valence-electron chi connectivity index (χ2n) is 5.94. The molecule has 0 amide bonds. The lowest BCUT2D eigenvalue weighted by Crippen LogP contribution is -2.29. The first kappa shape index (κ1) is 22.3. The Kier molecular flexibility index (Phi) is 7.71. The highest BCUT2D eigenvalue weighted by Crippen LogP contribution is 2.27. The van der Waals surface area contributed by atoms with E-state index in [1.807, 2.05) is 0 Å². The molecule has 0 aromatic rings. The fraction of sp³-hybridized carbons (Fsp3) is 0.421. The zero-order valence-electron chi connectivity index (χ0n) is 16.2. The normalized spacial score (nSPS) is 19.1. The van der Waals surface area contributed by atoms with E-state index in [0.717, 1.165) is 6.08 Å². The minimum Gasteiger partial charge on any atom is -0.492 e. The fourth-order valence-electron chi connectivity index (χ4n) is 2.53. The lowest BCUT2D eigenvalue weighted by Gasteiger charge is -2.24. The van der Waals surface area contributed by atoms with Gasteiger partial charge in [-0.3, -0.25) is 14.4 Å². The average Bonchev–Trinajstić information content (AvgIpc) is 2.70. The van der Waals surface area contributed by atoms with Crippen LogP contribution < -0.4 is 0 Å². The molecular formula is C19H22O10. The molecule has 10 nitrogen and oxygen atoms in total. The number of rotatable bonds is 9. The minimum atomic E-state index is -0.958. The maximum atomic E-state index is 12.3. The van der Waals surface area contributed by atoms with E-state index in [4.69, 9.17) is 28.8 Å². The Morgan fingerprint density at radius 1 is 1.00 bits per heavy atom. The number of Topliss-reactive ketones (excluding diaryl/α,β-unsaturated/α-hetero) is 2. The summed E-state index contributed by atoms with van der Waals surface area (Å²) in [5, 5.41) is 18.1. The molecule has 1 aliphatic heterocycles. The monoisotopic (exact) mass is 410 g/mol. The summed E-state index contributed by atoms with van der Waals surface area (Å²) < 4.78 is 26.2. The minimum absolute atomic E-state index is 0.0907. The number of ketones is 3. The third kappa shape index (κ3) is 5.31. The van der Waals surface area contributed by atoms with Gasteiger partial charge in [0.2, 0.25) is 12.1 Å². The number of aliphatic hydroxyl groups excluding tert-OH is 2. The predicted molar refractivity (Wildman–Crippen MR) is 95.6 cm³/mol. The first-order chi connectivity index (χ1) is 13.8. The summed E-state index contributed by atoms with van der Waals surface area (Å²) in [5.74, 6) is -3.23. The van der Waals surface area contributed by atoms with Crippen LogP contribution in [0.2, 0.25) is 0 Å². The molecule has 0 radical (unpaired) electrons. The van der Waals surface area contributed by atoms with Crippen LogP contribution in [0.1, 0.15) is 13.3 Å². The van der Waals surface area contributed by atoms with Gasteiger partial charge < -0.3 is 33.9 Å². The van der Waals surface area contributed by atoms with Crippen molar-refractivity contribution in [3.8, 4) is 0 Å². The van der Waals surface area contributed by atoms with E-state index in [2.05, 4.69) is 0 Å². The maximum absolute atomic E-state index is 12.3. The number of carbonyl (C=O) groups is 3. The van der Waals surface area contributed by atoms with Crippen molar-refractivity contribution in [1.82, 2.24) is 0 Å². The van der Waals surface area contributed by atoms with Crippen molar-refractivity contribution in [1.29, 1.82) is 0 Å². The first-order valence-corrected chi connectivity index (χ1v) is 8.66. The largest absolute Gasteiger partial charge is 0.492 e. The third-order valence-corrected chi connectivity index (χ3v) is 3.93. The summed E-state index contributed by atoms with van der Waals surface area (Å²) in [5.41, 5.74) is 0.0907. The van der Waals surface area contributed by atoms with Crippen LogP contribution in [0.15, 0.2) is 47.0 Å². The van der Waals surface area contributed by atoms with E-state index in [1.165, 1.54) is 33.3 Å². The molecule has 1 aliphatic carbocycles. The van der Waals surface area contributed by atoms with Crippen molar-refractivity contribution in [3.05, 3.63) is 47.0 Å². The number of carbonyl (C=O) groups excluding carboxylic acids is 3. The molecule has 0 fully saturated rings. The van der Waals surface area contributed by atoms with Gasteiger partial charge >= 0.3 is 0 Å². The molecule has 2 rings (SSSR count). The van der Waals surface area contributed by atoms with Crippen molar-refractivity contribution < 1.29 is 48.3 Å². The Bertz CT molecular complexity index is 776. The summed E-state index contributed by atoms with van der Waals surface area (Å²) in [7, 11) is 2.55. The highest BCUT2D eigenvalue weighted by molar-refractivity contribution is 6.47. The zero-order chi connectivity index (χ0) is 21.6. The molecule has 29 heavy (non-hydrogen) atoms. The number of methoxy groups -OCH3 is 2. The van der Waals surface area contributed by atoms with Gasteiger partial charge in [0.05, 0.1) is 33.0 Å². The Labute approximate surface area is 166 Å². The van der Waals surface area contributed by atoms with E-state index < -0.39 is 29.7 Å². The highest BCUT2D eigenvalue weighted by Gasteiger charge is 2.33. The zero-order valence-corrected chi connectivity index (χ0v) is 16.2. The van der Waals surface area contributed by atoms with Crippen LogP contribution in [0.3, 0.4) is 0 Å². The van der Waals surface area contributed by atoms with Gasteiger partial charge in [-0.1, -0.05) is 0 Å². The molecule has 0 bridgehead atoms. The van der Waals surface area contributed by atoms with E-state index >= 15 is 0 Å². The molecule has 2 N–H and O–H groups in total. The second-order valence-corrected chi connectivity index (χ2v) is 5.94. The Morgan fingerprint density at radius 2 is 1.62 bits per heavy atom. The number of hydrogen-bond acceptors (Lipinski definition) is 10. The smallest absolute Gasteiger partial charge is 0.291 e. The molecule has 0 aromatic carbocycles. The van der Waals surface area contributed by atoms with Gasteiger partial charge in [-0.05, 0) is 25.5 Å². The van der Waals surface area contributed by atoms with Gasteiger partial charge in [-0.2, -0.15) is 0 Å². The molecule has 2 atom stereocenters. The molecule has 10 heteroatoms. The van der Waals surface area contributed by atoms with Gasteiger partial charge in [0, 0.05) is 12.2 Å². The van der Waals surface area contributed by atoms with Crippen LogP contribution in [0.4, 0.5) is 0 Å². The number of aliphatic hydroxyl groups is 2. The predicted octanol–water partition coefficient (Wildman–Crippen LogP) is 0.0161. The summed E-state index contributed by atoms with van der Waals surface area (Å²) in [4.78, 5) is 36.4.